The Balaban J connectivity index is 1.60. The van der Waals surface area contributed by atoms with Crippen LogP contribution in [0.2, 0.25) is 0 Å². The second-order valence-electron chi connectivity index (χ2n) is 6.96. The molecule has 1 fully saturated rings. The van der Waals surface area contributed by atoms with E-state index in [9.17, 15) is 10.1 Å². The quantitative estimate of drug-likeness (QED) is 0.492. The molecule has 2 N–H and O–H groups in total. The number of anilines is 2. The number of hydrogen-bond acceptors (Lipinski definition) is 5. The lowest BCUT2D eigenvalue weighted by Crippen LogP contribution is -2.26. The molecule has 1 aliphatic rings. The third-order valence-corrected chi connectivity index (χ3v) is 5.12. The van der Waals surface area contributed by atoms with Gasteiger partial charge >= 0.3 is 5.69 Å². The van der Waals surface area contributed by atoms with Crippen molar-refractivity contribution in [2.24, 2.45) is 0 Å². The molecule has 142 valence electrons. The molecule has 0 unspecified atom stereocenters. The van der Waals surface area contributed by atoms with Crippen molar-refractivity contribution < 1.29 is 4.92 Å². The summed E-state index contributed by atoms with van der Waals surface area (Å²) in [6.07, 6.45) is 2.28. The van der Waals surface area contributed by atoms with Crippen molar-refractivity contribution in [2.45, 2.75) is 18.8 Å². The third kappa shape index (κ3) is 4.02. The van der Waals surface area contributed by atoms with Crippen LogP contribution >= 0.6 is 0 Å². The zero-order valence-electron chi connectivity index (χ0n) is 15.5. The molecule has 28 heavy (non-hydrogen) atoms. The molecule has 0 saturated carbocycles. The van der Waals surface area contributed by atoms with Crippen LogP contribution < -0.4 is 10.6 Å². The Morgan fingerprint density at radius 2 is 1.68 bits per heavy atom. The molecule has 0 atom stereocenters. The van der Waals surface area contributed by atoms with Gasteiger partial charge in [-0.3, -0.25) is 10.1 Å². The van der Waals surface area contributed by atoms with E-state index in [1.807, 2.05) is 42.5 Å². The molecule has 2 heterocycles. The molecule has 0 aliphatic carbocycles. The highest BCUT2D eigenvalue weighted by Crippen LogP contribution is 2.31. The van der Waals surface area contributed by atoms with Gasteiger partial charge in [0.05, 0.1) is 10.6 Å². The maximum Gasteiger partial charge on any atom is 0.311 e. The molecule has 6 heteroatoms. The molecule has 4 rings (SSSR count). The fourth-order valence-electron chi connectivity index (χ4n) is 3.59. The largest absolute Gasteiger partial charge is 0.334 e. The summed E-state index contributed by atoms with van der Waals surface area (Å²) >= 11 is 0. The molecule has 0 amide bonds. The van der Waals surface area contributed by atoms with Gasteiger partial charge in [0, 0.05) is 17.3 Å². The number of piperidine rings is 1. The minimum atomic E-state index is -0.409. The van der Waals surface area contributed by atoms with Crippen molar-refractivity contribution in [3.05, 3.63) is 82.4 Å². The average Bonchev–Trinajstić information content (AvgIpc) is 2.75. The van der Waals surface area contributed by atoms with Crippen LogP contribution in [-0.4, -0.2) is 23.0 Å². The number of benzene rings is 2. The summed E-state index contributed by atoms with van der Waals surface area (Å²) in [7, 11) is 0. The van der Waals surface area contributed by atoms with Gasteiger partial charge in [-0.25, -0.2) is 4.98 Å². The van der Waals surface area contributed by atoms with Crippen LogP contribution in [0.25, 0.3) is 11.3 Å². The molecule has 2 aromatic carbocycles. The first-order valence-corrected chi connectivity index (χ1v) is 9.49. The second kappa shape index (κ2) is 8.19. The van der Waals surface area contributed by atoms with Gasteiger partial charge in [0.1, 0.15) is 0 Å². The van der Waals surface area contributed by atoms with E-state index >= 15 is 0 Å². The molecule has 6 nitrogen and oxygen atoms in total. The first kappa shape index (κ1) is 18.1. The lowest BCUT2D eigenvalue weighted by molar-refractivity contribution is -0.384. The van der Waals surface area contributed by atoms with Gasteiger partial charge < -0.3 is 10.6 Å². The number of nitrogens with one attached hydrogen (secondary N) is 2. The van der Waals surface area contributed by atoms with E-state index in [1.54, 1.807) is 6.07 Å². The first-order chi connectivity index (χ1) is 13.7. The molecule has 0 radical (unpaired) electrons. The number of rotatable bonds is 5. The summed E-state index contributed by atoms with van der Waals surface area (Å²) in [5, 5.41) is 17.9. The minimum Gasteiger partial charge on any atom is -0.334 e. The normalized spacial score (nSPS) is 14.6. The van der Waals surface area contributed by atoms with E-state index in [4.69, 9.17) is 0 Å². The summed E-state index contributed by atoms with van der Waals surface area (Å²) < 4.78 is 0. The Kier molecular flexibility index (Phi) is 5.30. The lowest BCUT2D eigenvalue weighted by Gasteiger charge is -2.23. The van der Waals surface area contributed by atoms with Gasteiger partial charge in [0.15, 0.2) is 0 Å². The highest BCUT2D eigenvalue weighted by atomic mass is 16.6. The Hall–Kier alpha value is -3.25. The Labute approximate surface area is 163 Å². The van der Waals surface area contributed by atoms with Crippen molar-refractivity contribution in [1.29, 1.82) is 0 Å². The van der Waals surface area contributed by atoms with Crippen LogP contribution in [0.1, 0.15) is 24.3 Å². The summed E-state index contributed by atoms with van der Waals surface area (Å²) in [6.45, 7) is 2.10. The number of nitrogens with zero attached hydrogens (tertiary/aromatic N) is 2. The standard InChI is InChI=1S/C22H22N4O2/c27-26(28)21-11-10-20(18-4-2-1-3-5-18)25-22(21)24-19-8-6-16(7-9-19)17-12-14-23-15-13-17/h1-11,17,23H,12-15H2,(H,24,25). The number of nitro groups is 1. The predicted octanol–water partition coefficient (Wildman–Crippen LogP) is 4.87. The van der Waals surface area contributed by atoms with Gasteiger partial charge in [0.2, 0.25) is 5.82 Å². The van der Waals surface area contributed by atoms with Crippen LogP contribution in [0.5, 0.6) is 0 Å². The summed E-state index contributed by atoms with van der Waals surface area (Å²) in [5.41, 5.74) is 3.68. The van der Waals surface area contributed by atoms with Crippen LogP contribution in [0.3, 0.4) is 0 Å². The number of hydrogen-bond donors (Lipinski definition) is 2. The van der Waals surface area contributed by atoms with Crippen LogP contribution in [0, 0.1) is 10.1 Å². The summed E-state index contributed by atoms with van der Waals surface area (Å²) in [4.78, 5) is 15.5. The Morgan fingerprint density at radius 1 is 0.964 bits per heavy atom. The fraction of sp³-hybridized carbons (Fsp3) is 0.227. The SMILES string of the molecule is O=[N+]([O-])c1ccc(-c2ccccc2)nc1Nc1ccc(C2CCNCC2)cc1. The molecule has 0 spiro atoms. The van der Waals surface area contributed by atoms with Gasteiger partial charge in [-0.2, -0.15) is 0 Å². The lowest BCUT2D eigenvalue weighted by atomic mass is 9.90. The summed E-state index contributed by atoms with van der Waals surface area (Å²) in [6, 6.07) is 21.0. The van der Waals surface area contributed by atoms with E-state index in [0.29, 0.717) is 11.6 Å². The summed E-state index contributed by atoms with van der Waals surface area (Å²) in [5.74, 6) is 0.824. The topological polar surface area (TPSA) is 80.1 Å². The fourth-order valence-corrected chi connectivity index (χ4v) is 3.59. The van der Waals surface area contributed by atoms with Crippen LogP contribution in [0.4, 0.5) is 17.2 Å². The first-order valence-electron chi connectivity index (χ1n) is 9.49. The number of pyridine rings is 1. The zero-order chi connectivity index (χ0) is 19.3. The Morgan fingerprint density at radius 3 is 2.36 bits per heavy atom. The van der Waals surface area contributed by atoms with E-state index in [-0.39, 0.29) is 11.5 Å². The van der Waals surface area contributed by atoms with E-state index in [1.165, 1.54) is 11.6 Å². The Bertz CT molecular complexity index is 952. The number of aromatic nitrogens is 1. The highest BCUT2D eigenvalue weighted by Gasteiger charge is 2.18. The second-order valence-corrected chi connectivity index (χ2v) is 6.96. The minimum absolute atomic E-state index is 0.0397. The molecular formula is C22H22N4O2. The predicted molar refractivity (Wildman–Crippen MR) is 111 cm³/mol. The van der Waals surface area contributed by atoms with Crippen molar-refractivity contribution in [3.8, 4) is 11.3 Å². The third-order valence-electron chi connectivity index (χ3n) is 5.12. The average molecular weight is 374 g/mol. The molecule has 1 aromatic heterocycles. The van der Waals surface area contributed by atoms with E-state index in [0.717, 1.165) is 37.2 Å². The highest BCUT2D eigenvalue weighted by molar-refractivity contribution is 5.70. The van der Waals surface area contributed by atoms with E-state index in [2.05, 4.69) is 27.8 Å². The van der Waals surface area contributed by atoms with Crippen LogP contribution in [0.15, 0.2) is 66.7 Å². The molecule has 1 saturated heterocycles. The maximum absolute atomic E-state index is 11.4. The molecule has 1 aliphatic heterocycles. The van der Waals surface area contributed by atoms with Gasteiger partial charge in [-0.05, 0) is 55.6 Å². The zero-order valence-corrected chi connectivity index (χ0v) is 15.5. The molecule has 0 bridgehead atoms. The van der Waals surface area contributed by atoms with Crippen LogP contribution in [-0.2, 0) is 0 Å². The molecular weight excluding hydrogens is 352 g/mol. The van der Waals surface area contributed by atoms with Gasteiger partial charge in [-0.1, -0.05) is 42.5 Å². The van der Waals surface area contributed by atoms with Crippen molar-refractivity contribution in [1.82, 2.24) is 10.3 Å². The maximum atomic E-state index is 11.4. The van der Waals surface area contributed by atoms with Crippen molar-refractivity contribution in [2.75, 3.05) is 18.4 Å². The van der Waals surface area contributed by atoms with Gasteiger partial charge in [-0.15, -0.1) is 0 Å². The monoisotopic (exact) mass is 374 g/mol. The van der Waals surface area contributed by atoms with E-state index < -0.39 is 4.92 Å². The smallest absolute Gasteiger partial charge is 0.311 e. The van der Waals surface area contributed by atoms with Crippen molar-refractivity contribution in [3.63, 3.8) is 0 Å². The van der Waals surface area contributed by atoms with Gasteiger partial charge in [0.25, 0.3) is 0 Å². The molecule has 3 aromatic rings. The van der Waals surface area contributed by atoms with Crippen molar-refractivity contribution >= 4 is 17.2 Å².